The van der Waals surface area contributed by atoms with Gasteiger partial charge in [-0.25, -0.2) is 0 Å². The van der Waals surface area contributed by atoms with E-state index in [1.165, 1.54) is 0 Å². The maximum Gasteiger partial charge on any atom is 0.277 e. The highest BCUT2D eigenvalue weighted by Crippen LogP contribution is 2.52. The molecule has 0 spiro atoms. The molecule has 1 amide bonds. The summed E-state index contributed by atoms with van der Waals surface area (Å²) in [5.41, 5.74) is 3.02. The highest BCUT2D eigenvalue weighted by molar-refractivity contribution is 9.10. The molecule has 0 bridgehead atoms. The number of likely N-dealkylation sites (N-methyl/N-ethyl adjacent to an activating group) is 1. The average molecular weight is 437 g/mol. The van der Waals surface area contributed by atoms with Crippen molar-refractivity contribution in [3.63, 3.8) is 0 Å². The number of hydrogen-bond acceptors (Lipinski definition) is 6. The van der Waals surface area contributed by atoms with Gasteiger partial charge in [-0.3, -0.25) is 9.48 Å². The Labute approximate surface area is 165 Å². The number of hydrogen-bond donors (Lipinski definition) is 1. The maximum atomic E-state index is 12.9. The van der Waals surface area contributed by atoms with Gasteiger partial charge in [-0.2, -0.15) is 5.10 Å². The number of aryl methyl sites for hydroxylation is 1. The van der Waals surface area contributed by atoms with Gasteiger partial charge in [0.2, 0.25) is 12.5 Å². The number of methoxy groups -OCH3 is 1. The summed E-state index contributed by atoms with van der Waals surface area (Å²) in [6.45, 7) is 4.35. The van der Waals surface area contributed by atoms with Gasteiger partial charge < -0.3 is 24.4 Å². The Balaban J connectivity index is 1.78. The smallest absolute Gasteiger partial charge is 0.277 e. The van der Waals surface area contributed by atoms with Gasteiger partial charge in [0.15, 0.2) is 17.2 Å². The molecule has 0 aliphatic carbocycles. The van der Waals surface area contributed by atoms with Crippen molar-refractivity contribution in [3.05, 3.63) is 27.5 Å². The van der Waals surface area contributed by atoms with Gasteiger partial charge in [-0.05, 0) is 41.9 Å². The van der Waals surface area contributed by atoms with Crippen LogP contribution in [0.1, 0.15) is 28.5 Å². The number of nitrogens with zero attached hydrogens (tertiary/aromatic N) is 3. The van der Waals surface area contributed by atoms with Crippen molar-refractivity contribution in [2.75, 3.05) is 32.8 Å². The molecule has 0 radical (unpaired) electrons. The van der Waals surface area contributed by atoms with Gasteiger partial charge in [-0.15, -0.1) is 0 Å². The lowest BCUT2D eigenvalue weighted by Gasteiger charge is -2.29. The third-order valence-electron chi connectivity index (χ3n) is 4.86. The molecule has 8 nitrogen and oxygen atoms in total. The summed E-state index contributed by atoms with van der Waals surface area (Å²) in [7, 11) is 3.68. The molecule has 2 aliphatic heterocycles. The fourth-order valence-corrected chi connectivity index (χ4v) is 4.02. The summed E-state index contributed by atoms with van der Waals surface area (Å²) in [5, 5.41) is 7.34. The Bertz CT molecular complexity index is 911. The predicted molar refractivity (Wildman–Crippen MR) is 103 cm³/mol. The average Bonchev–Trinajstić information content (AvgIpc) is 3.28. The van der Waals surface area contributed by atoms with Crippen molar-refractivity contribution in [2.24, 2.45) is 0 Å². The van der Waals surface area contributed by atoms with E-state index in [0.717, 1.165) is 24.1 Å². The Hall–Kier alpha value is -2.26. The molecule has 1 aromatic carbocycles. The maximum absolute atomic E-state index is 12.9. The molecule has 0 unspecified atom stereocenters. The van der Waals surface area contributed by atoms with E-state index in [4.69, 9.17) is 14.2 Å². The van der Waals surface area contributed by atoms with Gasteiger partial charge in [0.1, 0.15) is 0 Å². The van der Waals surface area contributed by atoms with E-state index in [1.807, 2.05) is 6.92 Å². The van der Waals surface area contributed by atoms with E-state index in [0.29, 0.717) is 46.2 Å². The number of carbonyl (C=O) groups is 1. The van der Waals surface area contributed by atoms with Gasteiger partial charge in [0.05, 0.1) is 17.3 Å². The molecule has 9 heteroatoms. The van der Waals surface area contributed by atoms with E-state index in [-0.39, 0.29) is 12.7 Å². The number of halogens is 1. The molecule has 2 aliphatic rings. The molecule has 27 heavy (non-hydrogen) atoms. The van der Waals surface area contributed by atoms with E-state index >= 15 is 0 Å². The van der Waals surface area contributed by atoms with Gasteiger partial charge in [0, 0.05) is 31.4 Å². The number of carbonyl (C=O) groups excluding carboxylic acids is 1. The summed E-state index contributed by atoms with van der Waals surface area (Å²) < 4.78 is 19.3. The first-order valence-corrected chi connectivity index (χ1v) is 9.56. The second kappa shape index (κ2) is 7.05. The lowest BCUT2D eigenvalue weighted by Crippen LogP contribution is -2.28. The van der Waals surface area contributed by atoms with Gasteiger partial charge in [0.25, 0.3) is 5.91 Å². The molecule has 4 rings (SSSR count). The number of anilines is 1. The first-order valence-electron chi connectivity index (χ1n) is 8.77. The monoisotopic (exact) mass is 436 g/mol. The van der Waals surface area contributed by atoms with Crippen LogP contribution in [0.5, 0.6) is 17.2 Å². The minimum atomic E-state index is -0.293. The van der Waals surface area contributed by atoms with E-state index in [9.17, 15) is 4.79 Å². The largest absolute Gasteiger partial charge is 0.492 e. The molecule has 3 heterocycles. The number of fused-ring (bicyclic) bond motifs is 2. The minimum Gasteiger partial charge on any atom is -0.492 e. The van der Waals surface area contributed by atoms with Crippen LogP contribution in [0.4, 0.5) is 5.69 Å². The number of ether oxygens (including phenoxy) is 3. The summed E-state index contributed by atoms with van der Waals surface area (Å²) >= 11 is 3.41. The number of nitrogens with one attached hydrogen (secondary N) is 1. The first-order chi connectivity index (χ1) is 13.0. The molecule has 1 N–H and O–H groups in total. The Morgan fingerprint density at radius 1 is 1.37 bits per heavy atom. The van der Waals surface area contributed by atoms with Crippen molar-refractivity contribution >= 4 is 27.5 Å². The lowest BCUT2D eigenvalue weighted by molar-refractivity contribution is 0.102. The van der Waals surface area contributed by atoms with Crippen LogP contribution < -0.4 is 19.5 Å². The van der Waals surface area contributed by atoms with Gasteiger partial charge >= 0.3 is 0 Å². The number of amides is 1. The van der Waals surface area contributed by atoms with Crippen LogP contribution in [-0.2, 0) is 19.5 Å². The zero-order chi connectivity index (χ0) is 19.1. The molecule has 1 aromatic heterocycles. The van der Waals surface area contributed by atoms with Crippen molar-refractivity contribution in [1.82, 2.24) is 14.7 Å². The Morgan fingerprint density at radius 2 is 2.15 bits per heavy atom. The second-order valence-corrected chi connectivity index (χ2v) is 7.41. The lowest BCUT2D eigenvalue weighted by atomic mass is 9.95. The van der Waals surface area contributed by atoms with E-state index in [1.54, 1.807) is 18.0 Å². The molecule has 0 saturated heterocycles. The van der Waals surface area contributed by atoms with Crippen LogP contribution in [0, 0.1) is 0 Å². The molecular formula is C18H21BrN4O4. The number of benzene rings is 1. The molecule has 144 valence electrons. The fraction of sp³-hybridized carbons (Fsp3) is 0.444. The summed E-state index contributed by atoms with van der Waals surface area (Å²) in [5.74, 6) is 1.45. The van der Waals surface area contributed by atoms with Crippen molar-refractivity contribution in [2.45, 2.75) is 26.4 Å². The topological polar surface area (TPSA) is 77.9 Å². The summed E-state index contributed by atoms with van der Waals surface area (Å²) in [6.07, 6.45) is 2.57. The number of aromatic nitrogens is 2. The number of rotatable bonds is 4. The standard InChI is InChI=1S/C18H21BrN4O4/c1-4-23-8-12(19)14(21-23)18(24)20-13-10-5-6-22(2)7-11(10)15(25-3)17-16(13)26-9-27-17/h8H,4-7,9H2,1-3H3,(H,20,24). The van der Waals surface area contributed by atoms with E-state index in [2.05, 4.69) is 38.3 Å². The van der Waals surface area contributed by atoms with Gasteiger partial charge in [-0.1, -0.05) is 0 Å². The normalized spacial score (nSPS) is 15.6. The third-order valence-corrected chi connectivity index (χ3v) is 5.44. The molecule has 0 saturated carbocycles. The van der Waals surface area contributed by atoms with Crippen LogP contribution in [0.25, 0.3) is 0 Å². The van der Waals surface area contributed by atoms with Crippen LogP contribution >= 0.6 is 15.9 Å². The SMILES string of the molecule is CCn1cc(Br)c(C(=O)Nc2c3c(c(OC)c4c2OCO4)CN(C)CC3)n1. The molecule has 2 aromatic rings. The zero-order valence-electron chi connectivity index (χ0n) is 15.5. The Morgan fingerprint density at radius 3 is 2.85 bits per heavy atom. The fourth-order valence-electron chi connectivity index (χ4n) is 3.52. The second-order valence-electron chi connectivity index (χ2n) is 6.55. The minimum absolute atomic E-state index is 0.0987. The molecule has 0 atom stereocenters. The first kappa shape index (κ1) is 18.1. The Kier molecular flexibility index (Phi) is 4.73. The van der Waals surface area contributed by atoms with Crippen LogP contribution in [0.15, 0.2) is 10.7 Å². The summed E-state index contributed by atoms with van der Waals surface area (Å²) in [4.78, 5) is 15.1. The zero-order valence-corrected chi connectivity index (χ0v) is 17.1. The molecule has 0 fully saturated rings. The van der Waals surface area contributed by atoms with Crippen molar-refractivity contribution in [3.8, 4) is 17.2 Å². The highest BCUT2D eigenvalue weighted by Gasteiger charge is 2.33. The van der Waals surface area contributed by atoms with Crippen LogP contribution in [0.2, 0.25) is 0 Å². The van der Waals surface area contributed by atoms with Crippen molar-refractivity contribution in [1.29, 1.82) is 0 Å². The van der Waals surface area contributed by atoms with Crippen molar-refractivity contribution < 1.29 is 19.0 Å². The van der Waals surface area contributed by atoms with Crippen LogP contribution in [-0.4, -0.2) is 48.1 Å². The highest BCUT2D eigenvalue weighted by atomic mass is 79.9. The third kappa shape index (κ3) is 3.04. The van der Waals surface area contributed by atoms with Crippen LogP contribution in [0.3, 0.4) is 0 Å². The van der Waals surface area contributed by atoms with E-state index < -0.39 is 0 Å². The quantitative estimate of drug-likeness (QED) is 0.793. The summed E-state index contributed by atoms with van der Waals surface area (Å²) in [6, 6.07) is 0. The molecular weight excluding hydrogens is 416 g/mol. The predicted octanol–water partition coefficient (Wildman–Crippen LogP) is 2.64.